The molecule has 12 heteroatoms. The van der Waals surface area contributed by atoms with Crippen molar-refractivity contribution in [3.8, 4) is 0 Å². The van der Waals surface area contributed by atoms with Gasteiger partial charge in [-0.25, -0.2) is 8.42 Å². The molecule has 0 fully saturated rings. The third-order valence-corrected chi connectivity index (χ3v) is 8.42. The van der Waals surface area contributed by atoms with Crippen molar-refractivity contribution < 1.29 is 71.9 Å². The average molecular weight is 722 g/mol. The summed E-state index contributed by atoms with van der Waals surface area (Å²) in [6.45, 7) is 6.27. The monoisotopic (exact) mass is 722 g/mol. The minimum absolute atomic E-state index is 0. The van der Waals surface area contributed by atoms with Crippen LogP contribution in [0.1, 0.15) is 181 Å². The summed E-state index contributed by atoms with van der Waals surface area (Å²) in [7, 11) is -4.48. The summed E-state index contributed by atoms with van der Waals surface area (Å²) < 4.78 is 34.5. The van der Waals surface area contributed by atoms with Crippen LogP contribution in [0.4, 0.5) is 0 Å². The van der Waals surface area contributed by atoms with Gasteiger partial charge in [-0.05, 0) is 12.8 Å². The van der Waals surface area contributed by atoms with Gasteiger partial charge in [0.05, 0.1) is 26.4 Å². The fourth-order valence-electron chi connectivity index (χ4n) is 5.16. The Morgan fingerprint density at radius 1 is 0.542 bits per heavy atom. The molecule has 4 N–H and O–H groups in total. The van der Waals surface area contributed by atoms with Crippen molar-refractivity contribution in [1.82, 2.24) is 4.90 Å². The second kappa shape index (κ2) is 47.2. The Kier molecular flexibility index (Phi) is 54.0. The van der Waals surface area contributed by atoms with Crippen LogP contribution in [0.5, 0.6) is 0 Å². The van der Waals surface area contributed by atoms with Crippen molar-refractivity contribution in [3.63, 3.8) is 0 Å². The number of hydrogen-bond donors (Lipinski definition) is 4. The van der Waals surface area contributed by atoms with E-state index < -0.39 is 16.4 Å². The molecule has 0 amide bonds. The normalized spacial score (nSPS) is 11.0. The summed E-state index contributed by atoms with van der Waals surface area (Å²) in [6.07, 6.45) is 31.9. The molecule has 0 spiro atoms. The van der Waals surface area contributed by atoms with Crippen molar-refractivity contribution in [3.05, 3.63) is 0 Å². The number of unbranched alkanes of at least 4 members (excludes halogenated alkanes) is 23. The number of aliphatic carboxylic acids is 1. The quantitative estimate of drug-likeness (QED) is 0.0308. The minimum Gasteiger partial charge on any atom is -0.726 e. The number of carboxylic acid groups (broad SMARTS) is 1. The zero-order valence-electron chi connectivity index (χ0n) is 31.5. The third-order valence-electron chi connectivity index (χ3n) is 7.97. The number of rotatable bonds is 34. The molecule has 0 radical (unpaired) electrons. The van der Waals surface area contributed by atoms with Gasteiger partial charge in [0.1, 0.15) is 0 Å². The maximum atomic E-state index is 10.3. The van der Waals surface area contributed by atoms with Crippen LogP contribution in [0.15, 0.2) is 0 Å². The van der Waals surface area contributed by atoms with Gasteiger partial charge in [-0.3, -0.25) is 13.9 Å². The second-order valence-electron chi connectivity index (χ2n) is 12.5. The molecular formula is C36H76NNaO9S. The van der Waals surface area contributed by atoms with Crippen LogP contribution in [0.25, 0.3) is 0 Å². The first-order valence-corrected chi connectivity index (χ1v) is 20.4. The molecule has 0 saturated carbocycles. The second-order valence-corrected chi connectivity index (χ2v) is 13.6. The maximum Gasteiger partial charge on any atom is 1.00 e. The van der Waals surface area contributed by atoms with Crippen LogP contribution in [0.2, 0.25) is 0 Å². The standard InChI is InChI=1S/C18H36O2.C12H26O4S.C6H15NO3.Na/c1-2-3-4-5-6-7-8-9-10-11-12-13-14-15-16-17-18(19)20;1-2-3-4-5-6-7-8-9-10-11-12-16-17(13,14)15;8-4-1-7(2-5-9)3-6-10;/h2-17H2,1H3,(H,19,20);2-12H2,1H3,(H,13,14,15);8-10H,1-6H2;/q;;;+1/p-1. The van der Waals surface area contributed by atoms with E-state index in [0.717, 1.165) is 25.7 Å². The van der Waals surface area contributed by atoms with Crippen LogP contribution in [-0.4, -0.2) is 90.3 Å². The van der Waals surface area contributed by atoms with Crippen molar-refractivity contribution >= 4 is 16.4 Å². The number of hydrogen-bond acceptors (Lipinski definition) is 9. The third kappa shape index (κ3) is 58.4. The Morgan fingerprint density at radius 2 is 0.812 bits per heavy atom. The number of carbonyl (C=O) groups is 1. The first kappa shape index (κ1) is 54.9. The van der Waals surface area contributed by atoms with Crippen LogP contribution < -0.4 is 29.6 Å². The summed E-state index contributed by atoms with van der Waals surface area (Å²) in [6, 6.07) is 0. The number of nitrogens with zero attached hydrogens (tertiary/aromatic N) is 1. The Morgan fingerprint density at radius 3 is 1.06 bits per heavy atom. The molecule has 0 atom stereocenters. The van der Waals surface area contributed by atoms with Crippen molar-refractivity contribution in [2.24, 2.45) is 0 Å². The first-order valence-electron chi connectivity index (χ1n) is 19.0. The van der Waals surface area contributed by atoms with Crippen LogP contribution in [-0.2, 0) is 19.4 Å². The molecule has 0 bridgehead atoms. The van der Waals surface area contributed by atoms with Crippen molar-refractivity contribution in [1.29, 1.82) is 0 Å². The maximum absolute atomic E-state index is 10.3. The summed E-state index contributed by atoms with van der Waals surface area (Å²) in [4.78, 5) is 12.1. The fraction of sp³-hybridized carbons (Fsp3) is 0.972. The van der Waals surface area contributed by atoms with E-state index in [1.807, 2.05) is 0 Å². The molecule has 0 aromatic heterocycles. The van der Waals surface area contributed by atoms with E-state index >= 15 is 0 Å². The van der Waals surface area contributed by atoms with Gasteiger partial charge >= 0.3 is 35.5 Å². The van der Waals surface area contributed by atoms with Gasteiger partial charge in [0.15, 0.2) is 0 Å². The van der Waals surface area contributed by atoms with Gasteiger partial charge < -0.3 is 25.0 Å². The van der Waals surface area contributed by atoms with E-state index in [1.165, 1.54) is 128 Å². The van der Waals surface area contributed by atoms with E-state index in [2.05, 4.69) is 18.0 Å². The topological polar surface area (TPSA) is 168 Å². The molecule has 0 aromatic rings. The summed E-state index contributed by atoms with van der Waals surface area (Å²) in [5.74, 6) is -0.653. The Balaban J connectivity index is -0.000000315. The molecule has 0 aliphatic rings. The molecule has 10 nitrogen and oxygen atoms in total. The molecule has 0 unspecified atom stereocenters. The molecule has 0 aromatic carbocycles. The number of aliphatic hydroxyl groups excluding tert-OH is 3. The average Bonchev–Trinajstić information content (AvgIpc) is 3.02. The van der Waals surface area contributed by atoms with E-state index in [0.29, 0.717) is 32.5 Å². The summed E-state index contributed by atoms with van der Waals surface area (Å²) in [5.41, 5.74) is 0. The van der Waals surface area contributed by atoms with Crippen molar-refractivity contribution in [2.45, 2.75) is 181 Å². The number of carboxylic acids is 1. The van der Waals surface area contributed by atoms with Gasteiger partial charge in [-0.15, -0.1) is 0 Å². The molecule has 0 aliphatic heterocycles. The fourth-order valence-corrected chi connectivity index (χ4v) is 5.48. The predicted molar refractivity (Wildman–Crippen MR) is 192 cm³/mol. The molecule has 0 saturated heterocycles. The zero-order valence-corrected chi connectivity index (χ0v) is 34.3. The van der Waals surface area contributed by atoms with Gasteiger partial charge in [0.25, 0.3) is 0 Å². The molecule has 0 aliphatic carbocycles. The molecule has 48 heavy (non-hydrogen) atoms. The van der Waals surface area contributed by atoms with Crippen LogP contribution in [0.3, 0.4) is 0 Å². The van der Waals surface area contributed by atoms with E-state index in [9.17, 15) is 17.8 Å². The number of aliphatic hydroxyl groups is 3. The van der Waals surface area contributed by atoms with Gasteiger partial charge in [0.2, 0.25) is 10.4 Å². The Hall–Kier alpha value is 0.180. The SMILES string of the molecule is CCCCCCCCCCCCCCCCCC(=O)O.CCCCCCCCCCCCOS(=O)(=O)[O-].OCCN(CCO)CCO.[Na+]. The largest absolute Gasteiger partial charge is 1.00 e. The first-order chi connectivity index (χ1) is 22.7. The minimum atomic E-state index is -4.48. The van der Waals surface area contributed by atoms with Gasteiger partial charge in [0, 0.05) is 26.1 Å². The molecule has 0 rings (SSSR count). The Bertz CT molecular complexity index is 689. The van der Waals surface area contributed by atoms with Gasteiger partial charge in [-0.2, -0.15) is 0 Å². The molecule has 286 valence electrons. The van der Waals surface area contributed by atoms with Crippen LogP contribution in [0, 0.1) is 0 Å². The zero-order chi connectivity index (χ0) is 35.7. The predicted octanol–water partition coefficient (Wildman–Crippen LogP) is 4.99. The van der Waals surface area contributed by atoms with Gasteiger partial charge in [-0.1, -0.05) is 162 Å². The summed E-state index contributed by atoms with van der Waals surface area (Å²) >= 11 is 0. The smallest absolute Gasteiger partial charge is 0.726 e. The molecule has 0 heterocycles. The Labute approximate surface area is 318 Å². The van der Waals surface area contributed by atoms with E-state index in [4.69, 9.17) is 20.4 Å². The van der Waals surface area contributed by atoms with Crippen molar-refractivity contribution in [2.75, 3.05) is 46.1 Å². The van der Waals surface area contributed by atoms with E-state index in [1.54, 1.807) is 4.90 Å². The van der Waals surface area contributed by atoms with E-state index in [-0.39, 0.29) is 56.0 Å². The molecular weight excluding hydrogens is 645 g/mol. The summed E-state index contributed by atoms with van der Waals surface area (Å²) in [5, 5.41) is 34.0. The van der Waals surface area contributed by atoms with Crippen LogP contribution >= 0.6 is 0 Å².